The topological polar surface area (TPSA) is 52.8 Å². The summed E-state index contributed by atoms with van der Waals surface area (Å²) >= 11 is 6.17. The Morgan fingerprint density at radius 3 is 2.30 bits per heavy atom. The van der Waals surface area contributed by atoms with Gasteiger partial charge < -0.3 is 9.30 Å². The standard InChI is InChI=1S/C18H16ClF3N4O/c1-17(2,27-12-6-4-11(5-7-12)18(20,21)22)16-25-24-15(26(16)3)13-8-9-23-10-14(13)19/h4-10H,1-3H3. The summed E-state index contributed by atoms with van der Waals surface area (Å²) in [5, 5.41) is 8.79. The van der Waals surface area contributed by atoms with Gasteiger partial charge in [-0.05, 0) is 44.2 Å². The number of ether oxygens (including phenoxy) is 1. The molecule has 142 valence electrons. The Morgan fingerprint density at radius 1 is 1.04 bits per heavy atom. The third-order valence-corrected chi connectivity index (χ3v) is 4.28. The SMILES string of the molecule is Cn1c(-c2ccncc2Cl)nnc1C(C)(C)Oc1ccc(C(F)(F)F)cc1. The van der Waals surface area contributed by atoms with Gasteiger partial charge in [0, 0.05) is 25.0 Å². The van der Waals surface area contributed by atoms with E-state index in [-0.39, 0.29) is 0 Å². The molecule has 0 saturated carbocycles. The van der Waals surface area contributed by atoms with Gasteiger partial charge in [-0.1, -0.05) is 11.6 Å². The minimum Gasteiger partial charge on any atom is -0.480 e. The van der Waals surface area contributed by atoms with E-state index in [0.29, 0.717) is 28.0 Å². The number of hydrogen-bond donors (Lipinski definition) is 0. The molecule has 0 saturated heterocycles. The first kappa shape index (κ1) is 19.2. The summed E-state index contributed by atoms with van der Waals surface area (Å²) in [6, 6.07) is 6.23. The van der Waals surface area contributed by atoms with Crippen molar-refractivity contribution in [2.75, 3.05) is 0 Å². The number of pyridine rings is 1. The molecule has 0 atom stereocenters. The Balaban J connectivity index is 1.89. The van der Waals surface area contributed by atoms with Gasteiger partial charge >= 0.3 is 6.18 Å². The van der Waals surface area contributed by atoms with Crippen molar-refractivity contribution in [2.24, 2.45) is 7.05 Å². The van der Waals surface area contributed by atoms with Crippen LogP contribution in [-0.4, -0.2) is 19.7 Å². The molecule has 27 heavy (non-hydrogen) atoms. The Hall–Kier alpha value is -2.61. The maximum atomic E-state index is 12.7. The third kappa shape index (κ3) is 3.90. The van der Waals surface area contributed by atoms with Gasteiger partial charge in [-0.3, -0.25) is 4.98 Å². The number of nitrogens with zero attached hydrogens (tertiary/aromatic N) is 4. The smallest absolute Gasteiger partial charge is 0.416 e. The molecule has 1 aromatic carbocycles. The quantitative estimate of drug-likeness (QED) is 0.631. The minimum atomic E-state index is -4.39. The monoisotopic (exact) mass is 396 g/mol. The molecule has 0 fully saturated rings. The summed E-state index contributed by atoms with van der Waals surface area (Å²) in [6.07, 6.45) is -1.29. The van der Waals surface area contributed by atoms with Crippen LogP contribution in [0.4, 0.5) is 13.2 Å². The van der Waals surface area contributed by atoms with Crippen LogP contribution >= 0.6 is 11.6 Å². The van der Waals surface area contributed by atoms with Crippen LogP contribution in [-0.2, 0) is 18.8 Å². The Morgan fingerprint density at radius 2 is 1.70 bits per heavy atom. The number of aromatic nitrogens is 4. The largest absolute Gasteiger partial charge is 0.480 e. The van der Waals surface area contributed by atoms with Crippen LogP contribution in [0.3, 0.4) is 0 Å². The summed E-state index contributed by atoms with van der Waals surface area (Å²) in [4.78, 5) is 3.94. The molecule has 3 aromatic rings. The molecule has 2 heterocycles. The molecule has 0 radical (unpaired) electrons. The molecule has 0 bridgehead atoms. The molecule has 0 amide bonds. The van der Waals surface area contributed by atoms with Gasteiger partial charge in [0.1, 0.15) is 5.75 Å². The fourth-order valence-electron chi connectivity index (χ4n) is 2.70. The van der Waals surface area contributed by atoms with Crippen molar-refractivity contribution < 1.29 is 17.9 Å². The molecular formula is C18H16ClF3N4O. The lowest BCUT2D eigenvalue weighted by molar-refractivity contribution is -0.137. The van der Waals surface area contributed by atoms with Crippen LogP contribution < -0.4 is 4.74 Å². The van der Waals surface area contributed by atoms with Crippen LogP contribution in [0.1, 0.15) is 25.2 Å². The number of halogens is 4. The Bertz CT molecular complexity index is 952. The summed E-state index contributed by atoms with van der Waals surface area (Å²) in [5.74, 6) is 1.31. The first-order valence-corrected chi connectivity index (χ1v) is 8.33. The van der Waals surface area contributed by atoms with Crippen molar-refractivity contribution in [3.05, 3.63) is 59.1 Å². The van der Waals surface area contributed by atoms with Crippen LogP contribution in [0.2, 0.25) is 5.02 Å². The first-order chi connectivity index (χ1) is 12.6. The van der Waals surface area contributed by atoms with Crippen LogP contribution in [0.25, 0.3) is 11.4 Å². The zero-order chi connectivity index (χ0) is 19.8. The van der Waals surface area contributed by atoms with Crippen molar-refractivity contribution in [1.82, 2.24) is 19.7 Å². The second-order valence-electron chi connectivity index (χ2n) is 6.40. The maximum absolute atomic E-state index is 12.7. The van der Waals surface area contributed by atoms with E-state index in [4.69, 9.17) is 16.3 Å². The highest BCUT2D eigenvalue weighted by Gasteiger charge is 2.32. The van der Waals surface area contributed by atoms with Gasteiger partial charge in [-0.15, -0.1) is 10.2 Å². The average molecular weight is 397 g/mol. The zero-order valence-electron chi connectivity index (χ0n) is 14.8. The predicted octanol–water partition coefficient (Wildman–Crippen LogP) is 4.86. The predicted molar refractivity (Wildman–Crippen MR) is 94.3 cm³/mol. The molecule has 0 spiro atoms. The number of alkyl halides is 3. The molecule has 0 aliphatic carbocycles. The normalized spacial score (nSPS) is 12.3. The lowest BCUT2D eigenvalue weighted by atomic mass is 10.1. The second-order valence-corrected chi connectivity index (χ2v) is 6.80. The van der Waals surface area contributed by atoms with Crippen molar-refractivity contribution in [1.29, 1.82) is 0 Å². The Labute approximate surface area is 158 Å². The van der Waals surface area contributed by atoms with Crippen molar-refractivity contribution in [2.45, 2.75) is 25.6 Å². The first-order valence-electron chi connectivity index (χ1n) is 7.95. The van der Waals surface area contributed by atoms with E-state index in [1.807, 2.05) is 0 Å². The minimum absolute atomic E-state index is 0.291. The van der Waals surface area contributed by atoms with E-state index in [1.54, 1.807) is 37.7 Å². The van der Waals surface area contributed by atoms with E-state index >= 15 is 0 Å². The van der Waals surface area contributed by atoms with Gasteiger partial charge in [0.15, 0.2) is 17.2 Å². The average Bonchev–Trinajstić information content (AvgIpc) is 2.97. The maximum Gasteiger partial charge on any atom is 0.416 e. The van der Waals surface area contributed by atoms with Crippen molar-refractivity contribution in [3.8, 4) is 17.1 Å². The molecule has 2 aromatic heterocycles. The Kier molecular flexibility index (Phi) is 4.86. The molecule has 5 nitrogen and oxygen atoms in total. The molecule has 9 heteroatoms. The summed E-state index contributed by atoms with van der Waals surface area (Å²) < 4.78 is 45.7. The summed E-state index contributed by atoms with van der Waals surface area (Å²) in [6.45, 7) is 3.51. The fraction of sp³-hybridized carbons (Fsp3) is 0.278. The zero-order valence-corrected chi connectivity index (χ0v) is 15.5. The highest BCUT2D eigenvalue weighted by molar-refractivity contribution is 6.33. The van der Waals surface area contributed by atoms with E-state index < -0.39 is 17.3 Å². The molecule has 0 aliphatic rings. The van der Waals surface area contributed by atoms with Gasteiger partial charge in [-0.2, -0.15) is 13.2 Å². The number of benzene rings is 1. The molecule has 0 unspecified atom stereocenters. The van der Waals surface area contributed by atoms with Gasteiger partial charge in [-0.25, -0.2) is 0 Å². The van der Waals surface area contributed by atoms with E-state index in [9.17, 15) is 13.2 Å². The van der Waals surface area contributed by atoms with Crippen LogP contribution in [0.15, 0.2) is 42.7 Å². The van der Waals surface area contributed by atoms with Crippen molar-refractivity contribution in [3.63, 3.8) is 0 Å². The lowest BCUT2D eigenvalue weighted by Gasteiger charge is -2.25. The van der Waals surface area contributed by atoms with E-state index in [0.717, 1.165) is 12.1 Å². The fourth-order valence-corrected chi connectivity index (χ4v) is 2.90. The molecule has 0 N–H and O–H groups in total. The molecular weight excluding hydrogens is 381 g/mol. The second kappa shape index (κ2) is 6.84. The molecule has 3 rings (SSSR count). The van der Waals surface area contributed by atoms with Gasteiger partial charge in [0.2, 0.25) is 0 Å². The number of rotatable bonds is 4. The van der Waals surface area contributed by atoms with Gasteiger partial charge in [0.05, 0.1) is 10.6 Å². The number of hydrogen-bond acceptors (Lipinski definition) is 4. The van der Waals surface area contributed by atoms with Crippen molar-refractivity contribution >= 4 is 11.6 Å². The van der Waals surface area contributed by atoms with Gasteiger partial charge in [0.25, 0.3) is 0 Å². The van der Waals surface area contributed by atoms with Crippen LogP contribution in [0.5, 0.6) is 5.75 Å². The third-order valence-electron chi connectivity index (χ3n) is 3.98. The summed E-state index contributed by atoms with van der Waals surface area (Å²) in [5.41, 5.74) is -1.02. The lowest BCUT2D eigenvalue weighted by Crippen LogP contribution is -2.29. The van der Waals surface area contributed by atoms with Crippen LogP contribution in [0, 0.1) is 0 Å². The summed E-state index contributed by atoms with van der Waals surface area (Å²) in [7, 11) is 1.76. The highest BCUT2D eigenvalue weighted by Crippen LogP contribution is 2.33. The molecule has 0 aliphatic heterocycles. The van der Waals surface area contributed by atoms with E-state index in [1.165, 1.54) is 18.3 Å². The van der Waals surface area contributed by atoms with E-state index in [2.05, 4.69) is 15.2 Å². The highest BCUT2D eigenvalue weighted by atomic mass is 35.5.